The van der Waals surface area contributed by atoms with E-state index >= 15 is 0 Å². The summed E-state index contributed by atoms with van der Waals surface area (Å²) in [5.41, 5.74) is 0. The van der Waals surface area contributed by atoms with E-state index in [-0.39, 0.29) is 12.4 Å². The van der Waals surface area contributed by atoms with Crippen LogP contribution in [-0.2, 0) is 0 Å². The third-order valence-electron chi connectivity index (χ3n) is 0.671. The van der Waals surface area contributed by atoms with Gasteiger partial charge >= 0.3 is 0 Å². The summed E-state index contributed by atoms with van der Waals surface area (Å²) in [7, 11) is 3.36. The highest BCUT2D eigenvalue weighted by Crippen LogP contribution is 1.75. The zero-order chi connectivity index (χ0) is 4.99. The lowest BCUT2D eigenvalue weighted by Gasteiger charge is -2.04. The molecule has 0 unspecified atom stereocenters. The topological polar surface area (TPSA) is 3.24 Å². The van der Waals surface area contributed by atoms with E-state index in [9.17, 15) is 0 Å². The number of hydrogen-bond acceptors (Lipinski definition) is 1. The second-order valence-corrected chi connectivity index (χ2v) is 3.33. The zero-order valence-electron chi connectivity index (χ0n) is 5.27. The van der Waals surface area contributed by atoms with E-state index in [1.807, 2.05) is 0 Å². The van der Waals surface area contributed by atoms with Crippen molar-refractivity contribution in [1.29, 1.82) is 0 Å². The Morgan fingerprint density at radius 3 is 2.00 bits per heavy atom. The molecule has 0 aromatic heterocycles. The van der Waals surface area contributed by atoms with Crippen LogP contribution in [0.15, 0.2) is 0 Å². The van der Waals surface area contributed by atoms with Gasteiger partial charge in [-0.05, 0) is 20.0 Å². The van der Waals surface area contributed by atoms with E-state index in [2.05, 4.69) is 18.5 Å². The third-order valence-corrected chi connectivity index (χ3v) is 1.12. The Morgan fingerprint density at radius 2 is 2.00 bits per heavy atom. The van der Waals surface area contributed by atoms with Gasteiger partial charge in [-0.25, -0.2) is 0 Å². The molecular weight excluding hydrogens is 126 g/mol. The van der Waals surface area contributed by atoms with Crippen molar-refractivity contribution < 1.29 is 0 Å². The first kappa shape index (κ1) is 10.4. The molecule has 0 aromatic carbocycles. The fourth-order valence-corrected chi connectivity index (χ4v) is 0.894. The van der Waals surface area contributed by atoms with E-state index in [0.29, 0.717) is 0 Å². The molecule has 7 heavy (non-hydrogen) atoms. The molecule has 0 rings (SSSR count). The molecule has 46 valence electrons. The molecule has 0 aromatic rings. The second kappa shape index (κ2) is 6.47. The van der Waals surface area contributed by atoms with Gasteiger partial charge in [0.05, 0.1) is 10.4 Å². The maximum absolute atomic E-state index is 2.32. The van der Waals surface area contributed by atoms with Gasteiger partial charge in [0.1, 0.15) is 0 Å². The Balaban J connectivity index is 0. The van der Waals surface area contributed by atoms with Gasteiger partial charge in [0.15, 0.2) is 0 Å². The van der Waals surface area contributed by atoms with E-state index in [1.54, 1.807) is 0 Å². The number of hydrogen-bond donors (Lipinski definition) is 0. The molecule has 0 heterocycles. The average molecular weight is 140 g/mol. The average Bonchev–Trinajstić information content (AvgIpc) is 1.35. The van der Waals surface area contributed by atoms with Crippen molar-refractivity contribution in [2.24, 2.45) is 0 Å². The lowest BCUT2D eigenvalue weighted by atomic mass is 10.5. The van der Waals surface area contributed by atoms with Gasteiger partial charge in [-0.1, -0.05) is 6.92 Å². The fraction of sp³-hybridized carbons (Fsp3) is 1.00. The van der Waals surface area contributed by atoms with Gasteiger partial charge in [0.25, 0.3) is 0 Å². The van der Waals surface area contributed by atoms with E-state index in [1.165, 1.54) is 23.4 Å². The molecule has 0 bridgehead atoms. The van der Waals surface area contributed by atoms with Crippen molar-refractivity contribution in [3.8, 4) is 0 Å². The Kier molecular flexibility index (Phi) is 9.65. The predicted molar refractivity (Wildman–Crippen MR) is 40.1 cm³/mol. The zero-order valence-corrected chi connectivity index (χ0v) is 8.09. The quantitative estimate of drug-likeness (QED) is 0.488. The third kappa shape index (κ3) is 10.7. The highest BCUT2D eigenvalue weighted by Gasteiger charge is 1.79. The lowest BCUT2D eigenvalue weighted by molar-refractivity contribution is 0.541. The summed E-state index contributed by atoms with van der Waals surface area (Å²) in [6, 6.07) is 0. The van der Waals surface area contributed by atoms with Crippen molar-refractivity contribution in [1.82, 2.24) is 4.57 Å². The van der Waals surface area contributed by atoms with Gasteiger partial charge < -0.3 is 4.57 Å². The summed E-state index contributed by atoms with van der Waals surface area (Å²) in [5.74, 6) is 0. The monoisotopic (exact) mass is 139 g/mol. The molecule has 0 saturated heterocycles. The molecule has 1 nitrogen and oxygen atoms in total. The van der Waals surface area contributed by atoms with Crippen molar-refractivity contribution in [3.05, 3.63) is 0 Å². The van der Waals surface area contributed by atoms with Gasteiger partial charge in [0.2, 0.25) is 0 Å². The summed E-state index contributed by atoms with van der Waals surface area (Å²) in [6.45, 7) is 3.47. The highest BCUT2D eigenvalue weighted by atomic mass is 35.5. The van der Waals surface area contributed by atoms with Gasteiger partial charge in [0, 0.05) is 0 Å². The van der Waals surface area contributed by atoms with Crippen LogP contribution in [0.4, 0.5) is 0 Å². The Bertz CT molecular complexity index is 32.9. The van der Waals surface area contributed by atoms with Crippen molar-refractivity contribution in [2.75, 3.05) is 13.6 Å². The molecule has 0 aliphatic heterocycles. The second-order valence-electron chi connectivity index (χ2n) is 1.80. The van der Waals surface area contributed by atoms with Crippen LogP contribution < -0.4 is 0 Å². The molecule has 0 amide bonds. The molecule has 0 radical (unpaired) electrons. The highest BCUT2D eigenvalue weighted by molar-refractivity contribution is 6.04. The molecule has 0 N–H and O–H groups in total. The van der Waals surface area contributed by atoms with Crippen LogP contribution in [0.3, 0.4) is 0 Å². The van der Waals surface area contributed by atoms with Crippen LogP contribution in [-0.4, -0.2) is 28.6 Å². The minimum atomic E-state index is 0. The fourth-order valence-electron chi connectivity index (χ4n) is 0.447. The van der Waals surface area contributed by atoms with Crippen molar-refractivity contribution >= 4 is 22.8 Å². The first-order chi connectivity index (χ1) is 2.77. The summed E-state index contributed by atoms with van der Waals surface area (Å²) >= 11 is 0. The smallest absolute Gasteiger partial charge is 0.0781 e. The van der Waals surface area contributed by atoms with E-state index in [4.69, 9.17) is 0 Å². The van der Waals surface area contributed by atoms with Gasteiger partial charge in [-0.3, -0.25) is 0 Å². The minimum Gasteiger partial charge on any atom is -0.335 e. The van der Waals surface area contributed by atoms with Gasteiger partial charge in [-0.2, -0.15) is 0 Å². The number of halogens is 1. The number of nitrogens with zero attached hydrogens (tertiary/aromatic N) is 1. The molecular formula is C4H14ClNSi. The molecule has 3 heteroatoms. The van der Waals surface area contributed by atoms with Crippen molar-refractivity contribution in [3.63, 3.8) is 0 Å². The molecule has 0 fully saturated rings. The van der Waals surface area contributed by atoms with Crippen LogP contribution in [0, 0.1) is 0 Å². The molecule has 0 atom stereocenters. The van der Waals surface area contributed by atoms with Gasteiger partial charge in [-0.15, -0.1) is 12.4 Å². The van der Waals surface area contributed by atoms with Crippen LogP contribution in [0.5, 0.6) is 0 Å². The van der Waals surface area contributed by atoms with Crippen LogP contribution >= 0.6 is 12.4 Å². The van der Waals surface area contributed by atoms with Crippen LogP contribution in [0.2, 0.25) is 0 Å². The molecule has 0 saturated carbocycles. The maximum atomic E-state index is 2.32. The summed E-state index contributed by atoms with van der Waals surface area (Å²) < 4.78 is 2.32. The lowest BCUT2D eigenvalue weighted by Crippen LogP contribution is -2.13. The first-order valence-corrected chi connectivity index (χ1v) is 3.31. The van der Waals surface area contributed by atoms with Crippen LogP contribution in [0.1, 0.15) is 13.3 Å². The Hall–Kier alpha value is 0.467. The SMILES string of the molecule is CCCN(C)[SiH3].Cl. The minimum absolute atomic E-state index is 0. The van der Waals surface area contributed by atoms with E-state index in [0.717, 1.165) is 0 Å². The first-order valence-electron chi connectivity index (χ1n) is 2.42. The van der Waals surface area contributed by atoms with Crippen molar-refractivity contribution in [2.45, 2.75) is 13.3 Å². The normalized spacial score (nSPS) is 9.00. The standard InChI is InChI=1S/C4H13NSi.ClH/c1-3-4-5(2)6;/h3-4H2,1-2,6H3;1H. The maximum Gasteiger partial charge on any atom is 0.0781 e. The largest absolute Gasteiger partial charge is 0.335 e. The molecule has 0 aliphatic rings. The summed E-state index contributed by atoms with van der Waals surface area (Å²) in [5, 5.41) is 0. The Labute approximate surface area is 55.0 Å². The van der Waals surface area contributed by atoms with Crippen LogP contribution in [0.25, 0.3) is 0 Å². The molecule has 0 spiro atoms. The van der Waals surface area contributed by atoms with E-state index < -0.39 is 0 Å². The number of rotatable bonds is 2. The molecule has 0 aliphatic carbocycles. The summed E-state index contributed by atoms with van der Waals surface area (Å²) in [4.78, 5) is 0. The Morgan fingerprint density at radius 1 is 1.57 bits per heavy atom. The predicted octanol–water partition coefficient (Wildman–Crippen LogP) is 0.0304. The summed E-state index contributed by atoms with van der Waals surface area (Å²) in [6.07, 6.45) is 1.29.